The summed E-state index contributed by atoms with van der Waals surface area (Å²) < 4.78 is 0. The summed E-state index contributed by atoms with van der Waals surface area (Å²) >= 11 is 4.17. The number of rotatable bonds is 10. The van der Waals surface area contributed by atoms with Gasteiger partial charge in [0, 0.05) is 23.2 Å². The van der Waals surface area contributed by atoms with Crippen LogP contribution in [0.1, 0.15) is 107 Å². The van der Waals surface area contributed by atoms with Gasteiger partial charge in [-0.25, -0.2) is 0 Å². The summed E-state index contributed by atoms with van der Waals surface area (Å²) in [7, 11) is 0. The Hall–Kier alpha value is -1.71. The lowest BCUT2D eigenvalue weighted by atomic mass is 10.1. The molecule has 2 N–H and O–H groups in total. The minimum absolute atomic E-state index is 0.314. The summed E-state index contributed by atoms with van der Waals surface area (Å²) in [5.74, 6) is 0. The van der Waals surface area contributed by atoms with Crippen molar-refractivity contribution in [3.8, 4) is 0 Å². The van der Waals surface area contributed by atoms with Gasteiger partial charge in [-0.2, -0.15) is 0 Å². The second-order valence-electron chi connectivity index (χ2n) is 7.76. The molecule has 1 unspecified atom stereocenters. The third-order valence-electron chi connectivity index (χ3n) is 5.06. The highest BCUT2D eigenvalue weighted by Gasteiger charge is 2.14. The number of aryl methyl sites for hydroxylation is 1. The summed E-state index contributed by atoms with van der Waals surface area (Å²) in [6.07, 6.45) is 7.87. The zero-order chi connectivity index (χ0) is 29.5. The molecule has 0 radical (unpaired) electrons. The largest absolute Gasteiger partial charge is 0.366 e. The number of benzene rings is 1. The van der Waals surface area contributed by atoms with E-state index in [2.05, 4.69) is 104 Å². The molecular weight excluding hydrogens is 456 g/mol. The molecule has 0 saturated heterocycles. The molecular formula is C33H64N2S. The minimum Gasteiger partial charge on any atom is -0.366 e. The highest BCUT2D eigenvalue weighted by Crippen LogP contribution is 2.20. The SMILES string of the molecule is C=C.C=CC(C)N(CCCCN)C(=C)C(C)=C(C)C.CC.CC.CCCC.CCc1ccc(S)cc1. The molecule has 1 atom stereocenters. The first kappa shape index (κ1) is 44.3. The van der Waals surface area contributed by atoms with Crippen LogP contribution in [0.4, 0.5) is 0 Å². The van der Waals surface area contributed by atoms with E-state index in [0.29, 0.717) is 6.04 Å². The number of hydrogen-bond donors (Lipinski definition) is 2. The standard InChI is InChI=1S/C15H28N2.C8H10S.C4H10.2C2H6.C2H4/c1-7-13(4)17(11-9-8-10-16)15(6)14(5)12(2)3;1-2-7-3-5-8(9)6-4-7;1-3-4-2;3*1-2/h7,13H,1,6,8-11,16H2,2-5H3;3-6,9H,2H2,1H3;3-4H2,1-2H3;2*1-2H3;1-2H2. The third-order valence-corrected chi connectivity index (χ3v) is 5.36. The van der Waals surface area contributed by atoms with Gasteiger partial charge in [-0.1, -0.05) is 91.7 Å². The Kier molecular flexibility index (Phi) is 43.6. The van der Waals surface area contributed by atoms with Crippen LogP contribution in [0.2, 0.25) is 0 Å². The average molecular weight is 521 g/mol. The van der Waals surface area contributed by atoms with Gasteiger partial charge < -0.3 is 10.6 Å². The smallest absolute Gasteiger partial charge is 0.0442 e. The van der Waals surface area contributed by atoms with E-state index >= 15 is 0 Å². The number of allylic oxidation sites excluding steroid dienone is 2. The van der Waals surface area contributed by atoms with Crippen LogP contribution < -0.4 is 5.73 Å². The molecule has 1 aromatic carbocycles. The van der Waals surface area contributed by atoms with E-state index in [1.165, 1.54) is 29.6 Å². The number of thiol groups is 1. The molecule has 0 aliphatic heterocycles. The maximum atomic E-state index is 5.54. The zero-order valence-corrected chi connectivity index (χ0v) is 27.1. The number of nitrogens with two attached hydrogens (primary N) is 1. The van der Waals surface area contributed by atoms with Gasteiger partial charge in [-0.3, -0.25) is 0 Å². The van der Waals surface area contributed by atoms with Crippen molar-refractivity contribution in [3.05, 3.63) is 79.1 Å². The fourth-order valence-electron chi connectivity index (χ4n) is 2.37. The van der Waals surface area contributed by atoms with Crippen LogP contribution in [0.25, 0.3) is 0 Å². The molecule has 0 spiro atoms. The third kappa shape index (κ3) is 26.9. The molecule has 212 valence electrons. The van der Waals surface area contributed by atoms with Crippen molar-refractivity contribution in [3.63, 3.8) is 0 Å². The molecule has 0 aromatic heterocycles. The van der Waals surface area contributed by atoms with Crippen LogP contribution >= 0.6 is 12.6 Å². The Bertz CT molecular complexity index is 611. The van der Waals surface area contributed by atoms with Gasteiger partial charge in [0.1, 0.15) is 0 Å². The minimum atomic E-state index is 0.314. The molecule has 0 saturated carbocycles. The maximum Gasteiger partial charge on any atom is 0.0442 e. The van der Waals surface area contributed by atoms with Crippen molar-refractivity contribution in [2.24, 2.45) is 5.73 Å². The first-order valence-corrected chi connectivity index (χ1v) is 14.3. The number of unbranched alkanes of at least 4 members (excludes halogenated alkanes) is 2. The van der Waals surface area contributed by atoms with E-state index in [-0.39, 0.29) is 0 Å². The van der Waals surface area contributed by atoms with E-state index in [9.17, 15) is 0 Å². The van der Waals surface area contributed by atoms with Crippen molar-refractivity contribution in [1.29, 1.82) is 0 Å². The van der Waals surface area contributed by atoms with Crippen LogP contribution in [-0.2, 0) is 6.42 Å². The fraction of sp³-hybridized carbons (Fsp3) is 0.576. The van der Waals surface area contributed by atoms with Gasteiger partial charge >= 0.3 is 0 Å². The average Bonchev–Trinajstić information content (AvgIpc) is 2.94. The van der Waals surface area contributed by atoms with Crippen LogP contribution in [0.3, 0.4) is 0 Å². The first-order valence-electron chi connectivity index (χ1n) is 13.9. The Labute approximate surface area is 234 Å². The van der Waals surface area contributed by atoms with Gasteiger partial charge in [0.2, 0.25) is 0 Å². The normalized spacial score (nSPS) is 9.25. The number of hydrogen-bond acceptors (Lipinski definition) is 3. The summed E-state index contributed by atoms with van der Waals surface area (Å²) in [4.78, 5) is 3.34. The van der Waals surface area contributed by atoms with Crippen molar-refractivity contribution < 1.29 is 0 Å². The molecule has 1 rings (SSSR count). The second kappa shape index (κ2) is 35.5. The summed E-state index contributed by atoms with van der Waals surface area (Å²) in [6, 6.07) is 8.55. The van der Waals surface area contributed by atoms with E-state index in [1.54, 1.807) is 0 Å². The molecule has 0 aliphatic carbocycles. The monoisotopic (exact) mass is 520 g/mol. The predicted octanol–water partition coefficient (Wildman–Crippen LogP) is 10.7. The van der Waals surface area contributed by atoms with Crippen LogP contribution in [-0.4, -0.2) is 24.0 Å². The lowest BCUT2D eigenvalue weighted by Gasteiger charge is -2.32. The lowest BCUT2D eigenvalue weighted by Crippen LogP contribution is -2.32. The van der Waals surface area contributed by atoms with Crippen molar-refractivity contribution in [2.75, 3.05) is 13.1 Å². The Balaban J connectivity index is -0.000000140. The van der Waals surface area contributed by atoms with Gasteiger partial charge in [0.25, 0.3) is 0 Å². The van der Waals surface area contributed by atoms with Crippen LogP contribution in [0.5, 0.6) is 0 Å². The van der Waals surface area contributed by atoms with Gasteiger partial charge in [-0.05, 0) is 76.8 Å². The maximum absolute atomic E-state index is 5.54. The first-order chi connectivity index (χ1) is 17.2. The van der Waals surface area contributed by atoms with Gasteiger partial charge in [-0.15, -0.1) is 32.4 Å². The van der Waals surface area contributed by atoms with Crippen molar-refractivity contribution in [2.45, 2.75) is 119 Å². The Morgan fingerprint density at radius 1 is 0.944 bits per heavy atom. The van der Waals surface area contributed by atoms with Gasteiger partial charge in [0.05, 0.1) is 0 Å². The van der Waals surface area contributed by atoms with Crippen molar-refractivity contribution >= 4 is 12.6 Å². The highest BCUT2D eigenvalue weighted by molar-refractivity contribution is 7.80. The lowest BCUT2D eigenvalue weighted by molar-refractivity contribution is 0.307. The van der Waals surface area contributed by atoms with E-state index < -0.39 is 0 Å². The fourth-order valence-corrected chi connectivity index (χ4v) is 2.52. The van der Waals surface area contributed by atoms with Crippen LogP contribution in [0.15, 0.2) is 78.4 Å². The van der Waals surface area contributed by atoms with Gasteiger partial charge in [0.15, 0.2) is 0 Å². The number of nitrogens with zero attached hydrogens (tertiary/aromatic N) is 1. The quantitative estimate of drug-likeness (QED) is 0.139. The molecule has 1 aromatic rings. The highest BCUT2D eigenvalue weighted by atomic mass is 32.1. The molecule has 36 heavy (non-hydrogen) atoms. The molecule has 0 bridgehead atoms. The van der Waals surface area contributed by atoms with Crippen molar-refractivity contribution in [1.82, 2.24) is 4.90 Å². The molecule has 2 nitrogen and oxygen atoms in total. The predicted molar refractivity (Wildman–Crippen MR) is 175 cm³/mol. The molecule has 0 fully saturated rings. The van der Waals surface area contributed by atoms with E-state index in [1.807, 2.05) is 45.9 Å². The zero-order valence-electron chi connectivity index (χ0n) is 26.2. The second-order valence-corrected chi connectivity index (χ2v) is 8.27. The topological polar surface area (TPSA) is 29.3 Å². The molecule has 0 amide bonds. The van der Waals surface area contributed by atoms with Crippen LogP contribution in [0, 0.1) is 0 Å². The van der Waals surface area contributed by atoms with E-state index in [0.717, 1.165) is 42.9 Å². The Morgan fingerprint density at radius 3 is 1.69 bits per heavy atom. The molecule has 0 heterocycles. The molecule has 3 heteroatoms. The Morgan fingerprint density at radius 2 is 1.39 bits per heavy atom. The van der Waals surface area contributed by atoms with E-state index in [4.69, 9.17) is 5.73 Å². The molecule has 0 aliphatic rings. The summed E-state index contributed by atoms with van der Waals surface area (Å²) in [5.41, 5.74) is 10.6. The summed E-state index contributed by atoms with van der Waals surface area (Å²) in [6.45, 7) is 38.9. The summed E-state index contributed by atoms with van der Waals surface area (Å²) in [5, 5.41) is 0.